The van der Waals surface area contributed by atoms with Gasteiger partial charge in [-0.3, -0.25) is 23.9 Å². The lowest BCUT2D eigenvalue weighted by molar-refractivity contribution is 0.0684. The van der Waals surface area contributed by atoms with E-state index < -0.39 is 0 Å². The topological polar surface area (TPSA) is 72.3 Å². The summed E-state index contributed by atoms with van der Waals surface area (Å²) < 4.78 is 1.60. The van der Waals surface area contributed by atoms with E-state index in [1.54, 1.807) is 41.0 Å². The maximum absolute atomic E-state index is 12.9. The van der Waals surface area contributed by atoms with Gasteiger partial charge in [-0.05, 0) is 38.1 Å². The molecule has 1 aliphatic heterocycles. The van der Waals surface area contributed by atoms with Gasteiger partial charge in [0.05, 0.1) is 27.9 Å². The second-order valence-electron chi connectivity index (χ2n) is 6.54. The molecule has 0 aliphatic carbocycles. The number of amides is 2. The monoisotopic (exact) mass is 379 g/mol. The summed E-state index contributed by atoms with van der Waals surface area (Å²) in [5.41, 5.74) is 1.30. The molecule has 2 heterocycles. The first-order valence-corrected chi connectivity index (χ1v) is 9.57. The minimum atomic E-state index is -0.317. The molecule has 136 valence electrons. The Kier molecular flexibility index (Phi) is 4.31. The molecular formula is C20H17N3O3S. The Morgan fingerprint density at radius 3 is 2.15 bits per heavy atom. The molecule has 27 heavy (non-hydrogen) atoms. The van der Waals surface area contributed by atoms with Crippen molar-refractivity contribution < 1.29 is 9.59 Å². The van der Waals surface area contributed by atoms with Crippen LogP contribution in [0.4, 0.5) is 0 Å². The highest BCUT2D eigenvalue weighted by Crippen LogP contribution is 2.27. The second-order valence-corrected chi connectivity index (χ2v) is 7.45. The smallest absolute Gasteiger partial charge is 0.262 e. The van der Waals surface area contributed by atoms with E-state index in [4.69, 9.17) is 0 Å². The highest BCUT2D eigenvalue weighted by atomic mass is 32.2. The van der Waals surface area contributed by atoms with Crippen LogP contribution in [0.15, 0.2) is 58.5 Å². The molecule has 0 saturated heterocycles. The fourth-order valence-electron chi connectivity index (χ4n) is 3.16. The van der Waals surface area contributed by atoms with Crippen LogP contribution in [0, 0.1) is 0 Å². The van der Waals surface area contributed by atoms with Gasteiger partial charge in [-0.25, -0.2) is 4.98 Å². The molecule has 0 unspecified atom stereocenters. The van der Waals surface area contributed by atoms with Gasteiger partial charge in [0.15, 0.2) is 5.16 Å². The zero-order chi connectivity index (χ0) is 19.1. The lowest BCUT2D eigenvalue weighted by atomic mass is 10.1. The van der Waals surface area contributed by atoms with E-state index in [1.807, 2.05) is 26.0 Å². The van der Waals surface area contributed by atoms with E-state index in [-0.39, 0.29) is 29.3 Å². The molecular weight excluding hydrogens is 362 g/mol. The Morgan fingerprint density at radius 2 is 1.52 bits per heavy atom. The van der Waals surface area contributed by atoms with Gasteiger partial charge in [-0.2, -0.15) is 0 Å². The van der Waals surface area contributed by atoms with Crippen molar-refractivity contribution in [3.05, 3.63) is 70.0 Å². The highest BCUT2D eigenvalue weighted by Gasteiger charge is 2.35. The predicted octanol–water partition coefficient (Wildman–Crippen LogP) is 3.32. The van der Waals surface area contributed by atoms with E-state index in [9.17, 15) is 14.4 Å². The summed E-state index contributed by atoms with van der Waals surface area (Å²) in [5.74, 6) is -0.534. The van der Waals surface area contributed by atoms with Crippen LogP contribution >= 0.6 is 11.8 Å². The predicted molar refractivity (Wildman–Crippen MR) is 104 cm³/mol. The van der Waals surface area contributed by atoms with Crippen molar-refractivity contribution in [1.82, 2.24) is 14.5 Å². The molecule has 2 amide bonds. The number of nitrogens with zero attached hydrogens (tertiary/aromatic N) is 3. The standard InChI is InChI=1S/C20H17N3O3S/c1-12(2)23-19(26)15-9-5-6-10-16(15)21-20(23)27-11-22-17(24)13-7-3-4-8-14(13)18(22)25/h3-10,12H,11H2,1-2H3. The maximum Gasteiger partial charge on any atom is 0.262 e. The minimum Gasteiger partial charge on any atom is -0.284 e. The highest BCUT2D eigenvalue weighted by molar-refractivity contribution is 7.99. The molecule has 0 N–H and O–H groups in total. The number of hydrogen-bond acceptors (Lipinski definition) is 5. The van der Waals surface area contributed by atoms with Gasteiger partial charge in [0.1, 0.15) is 0 Å². The van der Waals surface area contributed by atoms with Gasteiger partial charge in [0.25, 0.3) is 17.4 Å². The molecule has 0 saturated carbocycles. The lowest BCUT2D eigenvalue weighted by Gasteiger charge is -2.18. The van der Waals surface area contributed by atoms with Crippen molar-refractivity contribution in [2.24, 2.45) is 0 Å². The first-order chi connectivity index (χ1) is 13.0. The second kappa shape index (κ2) is 6.66. The van der Waals surface area contributed by atoms with Crippen LogP contribution in [0.3, 0.4) is 0 Å². The van der Waals surface area contributed by atoms with Gasteiger partial charge < -0.3 is 0 Å². The van der Waals surface area contributed by atoms with Gasteiger partial charge in [0.2, 0.25) is 0 Å². The molecule has 3 aromatic rings. The Bertz CT molecular complexity index is 1100. The molecule has 0 bridgehead atoms. The fourth-order valence-corrected chi connectivity index (χ4v) is 4.24. The summed E-state index contributed by atoms with van der Waals surface area (Å²) in [5, 5.41) is 1.04. The zero-order valence-corrected chi connectivity index (χ0v) is 15.7. The molecule has 4 rings (SSSR count). The lowest BCUT2D eigenvalue weighted by Crippen LogP contribution is -2.30. The molecule has 6 nitrogen and oxygen atoms in total. The van der Waals surface area contributed by atoms with Crippen LogP contribution in [0.2, 0.25) is 0 Å². The van der Waals surface area contributed by atoms with Crippen LogP contribution in [0.1, 0.15) is 40.6 Å². The number of rotatable bonds is 4. The number of thioether (sulfide) groups is 1. The quantitative estimate of drug-likeness (QED) is 0.395. The van der Waals surface area contributed by atoms with Crippen molar-refractivity contribution in [3.8, 4) is 0 Å². The van der Waals surface area contributed by atoms with Crippen molar-refractivity contribution in [2.75, 3.05) is 5.88 Å². The SMILES string of the molecule is CC(C)n1c(SCN2C(=O)c3ccccc3C2=O)nc2ccccc2c1=O. The largest absolute Gasteiger partial charge is 0.284 e. The van der Waals surface area contributed by atoms with Gasteiger partial charge in [-0.1, -0.05) is 36.0 Å². The van der Waals surface area contributed by atoms with Gasteiger partial charge >= 0.3 is 0 Å². The summed E-state index contributed by atoms with van der Waals surface area (Å²) in [4.78, 5) is 43.7. The van der Waals surface area contributed by atoms with Crippen LogP contribution in [-0.2, 0) is 0 Å². The van der Waals surface area contributed by atoms with Crippen LogP contribution in [-0.4, -0.2) is 32.1 Å². The van der Waals surface area contributed by atoms with E-state index >= 15 is 0 Å². The van der Waals surface area contributed by atoms with Crippen molar-refractivity contribution in [1.29, 1.82) is 0 Å². The number of para-hydroxylation sites is 1. The summed E-state index contributed by atoms with van der Waals surface area (Å²) >= 11 is 1.22. The Hall–Kier alpha value is -2.93. The Morgan fingerprint density at radius 1 is 0.926 bits per heavy atom. The number of aromatic nitrogens is 2. The summed E-state index contributed by atoms with van der Waals surface area (Å²) in [6.45, 7) is 3.81. The van der Waals surface area contributed by atoms with Gasteiger partial charge in [0, 0.05) is 6.04 Å². The third kappa shape index (κ3) is 2.84. The fraction of sp³-hybridized carbons (Fsp3) is 0.200. The molecule has 1 aromatic heterocycles. The van der Waals surface area contributed by atoms with Gasteiger partial charge in [-0.15, -0.1) is 0 Å². The van der Waals surface area contributed by atoms with E-state index in [1.165, 1.54) is 16.7 Å². The molecule has 7 heteroatoms. The molecule has 0 radical (unpaired) electrons. The van der Waals surface area contributed by atoms with Crippen LogP contribution in [0.5, 0.6) is 0 Å². The van der Waals surface area contributed by atoms with Crippen molar-refractivity contribution in [2.45, 2.75) is 25.0 Å². The number of carbonyl (C=O) groups excluding carboxylic acids is 2. The van der Waals surface area contributed by atoms with E-state index in [2.05, 4.69) is 4.98 Å². The summed E-state index contributed by atoms with van der Waals surface area (Å²) in [7, 11) is 0. The molecule has 0 fully saturated rings. The third-order valence-electron chi connectivity index (χ3n) is 4.49. The molecule has 0 spiro atoms. The average Bonchev–Trinajstić information content (AvgIpc) is 2.91. The summed E-state index contributed by atoms with van der Waals surface area (Å²) in [6, 6.07) is 13.9. The number of benzene rings is 2. The molecule has 2 aromatic carbocycles. The number of hydrogen-bond donors (Lipinski definition) is 0. The zero-order valence-electron chi connectivity index (χ0n) is 14.9. The van der Waals surface area contributed by atoms with Crippen LogP contribution in [0.25, 0.3) is 10.9 Å². The van der Waals surface area contributed by atoms with Crippen molar-refractivity contribution >= 4 is 34.5 Å². The molecule has 1 aliphatic rings. The first-order valence-electron chi connectivity index (χ1n) is 8.58. The van der Waals surface area contributed by atoms with Crippen molar-refractivity contribution in [3.63, 3.8) is 0 Å². The normalized spacial score (nSPS) is 13.7. The minimum absolute atomic E-state index is 0.0979. The number of imide groups is 1. The molecule has 0 atom stereocenters. The first kappa shape index (κ1) is 17.5. The Labute approximate surface area is 159 Å². The summed E-state index contributed by atoms with van der Waals surface area (Å²) in [6.07, 6.45) is 0. The average molecular weight is 379 g/mol. The van der Waals surface area contributed by atoms with E-state index in [0.29, 0.717) is 27.2 Å². The number of carbonyl (C=O) groups is 2. The number of fused-ring (bicyclic) bond motifs is 2. The maximum atomic E-state index is 12.9. The third-order valence-corrected chi connectivity index (χ3v) is 5.43. The van der Waals surface area contributed by atoms with E-state index in [0.717, 1.165) is 0 Å². The van der Waals surface area contributed by atoms with Crippen LogP contribution < -0.4 is 5.56 Å². The Balaban J connectivity index is 1.69.